The van der Waals surface area contributed by atoms with Gasteiger partial charge in [0.15, 0.2) is 0 Å². The fourth-order valence-corrected chi connectivity index (χ4v) is 4.62. The third-order valence-corrected chi connectivity index (χ3v) is 6.81. The maximum atomic E-state index is 3.74. The Morgan fingerprint density at radius 3 is 1.33 bits per heavy atom. The molecule has 1 rings (SSSR count). The lowest BCUT2D eigenvalue weighted by molar-refractivity contribution is -0.0484. The van der Waals surface area contributed by atoms with Crippen LogP contribution in [0.3, 0.4) is 0 Å². The quantitative estimate of drug-likeness (QED) is 0.362. The average Bonchev–Trinajstić information content (AvgIpc) is 2.77. The van der Waals surface area contributed by atoms with E-state index < -0.39 is 0 Å². The number of nitrogens with zero attached hydrogens (tertiary/aromatic N) is 5. The van der Waals surface area contributed by atoms with Gasteiger partial charge in [-0.3, -0.25) is 0 Å². The van der Waals surface area contributed by atoms with Crippen molar-refractivity contribution in [3.63, 3.8) is 0 Å². The first-order valence-corrected chi connectivity index (χ1v) is 13.0. The molecule has 0 spiro atoms. The molecule has 0 saturated carbocycles. The molecular weight excluding hydrogens is 372 g/mol. The molecule has 0 radical (unpaired) electrons. The van der Waals surface area contributed by atoms with Gasteiger partial charge < -0.3 is 14.7 Å². The summed E-state index contributed by atoms with van der Waals surface area (Å²) in [7, 11) is 0. The van der Waals surface area contributed by atoms with Crippen molar-refractivity contribution in [2.45, 2.75) is 67.2 Å². The van der Waals surface area contributed by atoms with E-state index >= 15 is 0 Å². The van der Waals surface area contributed by atoms with E-state index in [2.05, 4.69) is 71.8 Å². The second kappa shape index (κ2) is 17.3. The van der Waals surface area contributed by atoms with Crippen LogP contribution in [-0.2, 0) is 0 Å². The summed E-state index contributed by atoms with van der Waals surface area (Å²) in [6.45, 7) is 29.0. The SMILES string of the molecule is CCN(CC)CCCC1CN(CCCN(CC)CC)NN(CCCN(CC)CC)C1. The third kappa shape index (κ3) is 11.4. The minimum atomic E-state index is 0.781. The summed E-state index contributed by atoms with van der Waals surface area (Å²) < 4.78 is 0. The Morgan fingerprint density at radius 1 is 0.600 bits per heavy atom. The predicted octanol–water partition coefficient (Wildman–Crippen LogP) is 3.23. The average molecular weight is 427 g/mol. The first-order chi connectivity index (χ1) is 14.6. The van der Waals surface area contributed by atoms with Crippen LogP contribution in [0.1, 0.15) is 67.2 Å². The topological polar surface area (TPSA) is 28.2 Å². The number of nitrogens with one attached hydrogen (secondary N) is 1. The zero-order chi connectivity index (χ0) is 22.2. The van der Waals surface area contributed by atoms with Gasteiger partial charge >= 0.3 is 0 Å². The van der Waals surface area contributed by atoms with Crippen LogP contribution in [0.15, 0.2) is 0 Å². The van der Waals surface area contributed by atoms with Crippen LogP contribution in [0.5, 0.6) is 0 Å². The van der Waals surface area contributed by atoms with Crippen molar-refractivity contribution in [3.8, 4) is 0 Å². The number of rotatable bonds is 18. The van der Waals surface area contributed by atoms with Crippen LogP contribution >= 0.6 is 0 Å². The number of hydrogen-bond donors (Lipinski definition) is 1. The van der Waals surface area contributed by atoms with Gasteiger partial charge in [-0.25, -0.2) is 10.0 Å². The molecule has 1 N–H and O–H groups in total. The van der Waals surface area contributed by atoms with Crippen molar-refractivity contribution in [1.82, 2.24) is 30.3 Å². The lowest BCUT2D eigenvalue weighted by Crippen LogP contribution is -2.59. The Hall–Kier alpha value is -0.240. The number of hydrogen-bond acceptors (Lipinski definition) is 6. The van der Waals surface area contributed by atoms with Crippen LogP contribution in [0.4, 0.5) is 0 Å². The zero-order valence-corrected chi connectivity index (χ0v) is 21.3. The van der Waals surface area contributed by atoms with Crippen LogP contribution in [-0.4, -0.2) is 110 Å². The van der Waals surface area contributed by atoms with Gasteiger partial charge in [-0.2, -0.15) is 5.53 Å². The predicted molar refractivity (Wildman–Crippen MR) is 132 cm³/mol. The van der Waals surface area contributed by atoms with Crippen molar-refractivity contribution < 1.29 is 0 Å². The number of hydrazine groups is 2. The van der Waals surface area contributed by atoms with Crippen molar-refractivity contribution in [2.24, 2.45) is 5.92 Å². The summed E-state index contributed by atoms with van der Waals surface area (Å²) in [4.78, 5) is 7.63. The fraction of sp³-hybridized carbons (Fsp3) is 1.00. The maximum Gasteiger partial charge on any atom is 0.0185 e. The highest BCUT2D eigenvalue weighted by Crippen LogP contribution is 2.16. The van der Waals surface area contributed by atoms with Gasteiger partial charge in [-0.15, -0.1) is 0 Å². The summed E-state index contributed by atoms with van der Waals surface area (Å²) >= 11 is 0. The van der Waals surface area contributed by atoms with E-state index in [-0.39, 0.29) is 0 Å². The molecule has 0 atom stereocenters. The van der Waals surface area contributed by atoms with Gasteiger partial charge in [0.05, 0.1) is 0 Å². The van der Waals surface area contributed by atoms with Gasteiger partial charge in [0.2, 0.25) is 0 Å². The van der Waals surface area contributed by atoms with Crippen LogP contribution in [0.2, 0.25) is 0 Å². The first kappa shape index (κ1) is 27.8. The highest BCUT2D eigenvalue weighted by Gasteiger charge is 2.24. The Labute approximate surface area is 188 Å². The maximum absolute atomic E-state index is 3.74. The second-order valence-corrected chi connectivity index (χ2v) is 8.79. The van der Waals surface area contributed by atoms with E-state index in [0.29, 0.717) is 0 Å². The Bertz CT molecular complexity index is 319. The molecule has 0 bridgehead atoms. The molecule has 0 aromatic heterocycles. The smallest absolute Gasteiger partial charge is 0.0185 e. The lowest BCUT2D eigenvalue weighted by Gasteiger charge is -2.41. The van der Waals surface area contributed by atoms with E-state index in [0.717, 1.165) is 45.2 Å². The molecule has 1 fully saturated rings. The molecule has 0 aliphatic carbocycles. The van der Waals surface area contributed by atoms with Crippen molar-refractivity contribution in [3.05, 3.63) is 0 Å². The molecule has 6 heteroatoms. The monoisotopic (exact) mass is 426 g/mol. The van der Waals surface area contributed by atoms with Gasteiger partial charge in [-0.05, 0) is 90.5 Å². The normalized spacial score (nSPS) is 17.1. The first-order valence-electron chi connectivity index (χ1n) is 13.0. The van der Waals surface area contributed by atoms with E-state index in [4.69, 9.17) is 0 Å². The van der Waals surface area contributed by atoms with E-state index in [1.54, 1.807) is 0 Å². The van der Waals surface area contributed by atoms with Crippen molar-refractivity contribution >= 4 is 0 Å². The molecule has 1 aliphatic rings. The molecule has 0 unspecified atom stereocenters. The van der Waals surface area contributed by atoms with Crippen LogP contribution < -0.4 is 5.53 Å². The van der Waals surface area contributed by atoms with E-state index in [1.165, 1.54) is 71.5 Å². The van der Waals surface area contributed by atoms with E-state index in [1.807, 2.05) is 0 Å². The summed E-state index contributed by atoms with van der Waals surface area (Å²) in [6.07, 6.45) is 5.16. The Morgan fingerprint density at radius 2 is 0.967 bits per heavy atom. The highest BCUT2D eigenvalue weighted by atomic mass is 15.8. The molecule has 30 heavy (non-hydrogen) atoms. The molecule has 6 nitrogen and oxygen atoms in total. The Kier molecular flexibility index (Phi) is 16.1. The van der Waals surface area contributed by atoms with Gasteiger partial charge in [0, 0.05) is 26.2 Å². The summed E-state index contributed by atoms with van der Waals surface area (Å²) in [5.41, 5.74) is 3.74. The zero-order valence-electron chi connectivity index (χ0n) is 21.3. The summed E-state index contributed by atoms with van der Waals surface area (Å²) in [6, 6.07) is 0. The molecule has 0 amide bonds. The minimum Gasteiger partial charge on any atom is -0.304 e. The summed E-state index contributed by atoms with van der Waals surface area (Å²) in [5.74, 6) is 0.781. The van der Waals surface area contributed by atoms with Crippen molar-refractivity contribution in [1.29, 1.82) is 0 Å². The molecular formula is C24H54N6. The fourth-order valence-electron chi connectivity index (χ4n) is 4.62. The molecule has 180 valence electrons. The summed E-state index contributed by atoms with van der Waals surface area (Å²) in [5, 5.41) is 5.01. The standard InChI is InChI=1S/C24H54N6/c1-7-26(8-2)17-13-16-24-22-29(20-14-18-27(9-3)10-4)25-30(23-24)21-15-19-28(11-5)12-6/h24-25H,7-23H2,1-6H3. The van der Waals surface area contributed by atoms with Gasteiger partial charge in [-0.1, -0.05) is 41.5 Å². The molecule has 0 aromatic carbocycles. The lowest BCUT2D eigenvalue weighted by atomic mass is 10.0. The molecule has 1 saturated heterocycles. The molecule has 1 heterocycles. The van der Waals surface area contributed by atoms with Gasteiger partial charge in [0.25, 0.3) is 0 Å². The van der Waals surface area contributed by atoms with Crippen LogP contribution in [0.25, 0.3) is 0 Å². The second-order valence-electron chi connectivity index (χ2n) is 8.79. The largest absolute Gasteiger partial charge is 0.304 e. The van der Waals surface area contributed by atoms with E-state index in [9.17, 15) is 0 Å². The Balaban J connectivity index is 2.50. The minimum absolute atomic E-state index is 0.781. The van der Waals surface area contributed by atoms with Crippen LogP contribution in [0, 0.1) is 5.92 Å². The highest BCUT2D eigenvalue weighted by molar-refractivity contribution is 4.74. The van der Waals surface area contributed by atoms with Gasteiger partial charge in [0.1, 0.15) is 0 Å². The third-order valence-electron chi connectivity index (χ3n) is 6.81. The molecule has 0 aromatic rings. The van der Waals surface area contributed by atoms with Crippen molar-refractivity contribution in [2.75, 3.05) is 85.1 Å². The molecule has 1 aliphatic heterocycles.